The summed E-state index contributed by atoms with van der Waals surface area (Å²) >= 11 is 0. The summed E-state index contributed by atoms with van der Waals surface area (Å²) in [5.41, 5.74) is 7.19. The molecule has 126 valence electrons. The van der Waals surface area contributed by atoms with Gasteiger partial charge >= 0.3 is 0 Å². The molecule has 1 aliphatic heterocycles. The summed E-state index contributed by atoms with van der Waals surface area (Å²) in [7, 11) is 0. The molecule has 0 radical (unpaired) electrons. The van der Waals surface area contributed by atoms with Crippen LogP contribution in [0.5, 0.6) is 0 Å². The molecule has 4 N–H and O–H groups in total. The third-order valence-electron chi connectivity index (χ3n) is 4.00. The molecule has 1 aromatic carbocycles. The van der Waals surface area contributed by atoms with Crippen LogP contribution in [0.15, 0.2) is 24.3 Å². The van der Waals surface area contributed by atoms with Gasteiger partial charge in [-0.1, -0.05) is 19.4 Å². The highest BCUT2D eigenvalue weighted by Crippen LogP contribution is 2.23. The van der Waals surface area contributed by atoms with Crippen LogP contribution in [0, 0.1) is 0 Å². The van der Waals surface area contributed by atoms with Crippen LogP contribution >= 0.6 is 0 Å². The number of carbonyl (C=O) groups excluding carboxylic acids is 2. The maximum Gasteiger partial charge on any atom is 0.246 e. The maximum absolute atomic E-state index is 12.4. The van der Waals surface area contributed by atoms with E-state index >= 15 is 0 Å². The number of anilines is 2. The van der Waals surface area contributed by atoms with Crippen LogP contribution in [0.4, 0.5) is 11.4 Å². The lowest BCUT2D eigenvalue weighted by molar-refractivity contribution is -0.125. The van der Waals surface area contributed by atoms with E-state index in [1.807, 2.05) is 25.1 Å². The highest BCUT2D eigenvalue weighted by molar-refractivity contribution is 5.97. The SMILES string of the molecule is CCCC(NC(=O)CN)C(=O)Nc1cccc(N2CCCC2)c1. The zero-order chi connectivity index (χ0) is 16.7. The van der Waals surface area contributed by atoms with E-state index in [1.54, 1.807) is 0 Å². The zero-order valence-corrected chi connectivity index (χ0v) is 13.7. The molecule has 23 heavy (non-hydrogen) atoms. The van der Waals surface area contributed by atoms with E-state index in [4.69, 9.17) is 5.73 Å². The number of nitrogens with one attached hydrogen (secondary N) is 2. The van der Waals surface area contributed by atoms with Crippen molar-refractivity contribution in [2.24, 2.45) is 5.73 Å². The summed E-state index contributed by atoms with van der Waals surface area (Å²) in [5, 5.41) is 5.57. The Morgan fingerprint density at radius 2 is 2.04 bits per heavy atom. The Kier molecular flexibility index (Phi) is 6.40. The molecule has 0 saturated carbocycles. The molecule has 1 unspecified atom stereocenters. The van der Waals surface area contributed by atoms with Crippen LogP contribution < -0.4 is 21.3 Å². The van der Waals surface area contributed by atoms with Gasteiger partial charge in [0.2, 0.25) is 11.8 Å². The van der Waals surface area contributed by atoms with Crippen molar-refractivity contribution in [3.8, 4) is 0 Å². The summed E-state index contributed by atoms with van der Waals surface area (Å²) in [4.78, 5) is 26.2. The van der Waals surface area contributed by atoms with Crippen molar-refractivity contribution >= 4 is 23.2 Å². The van der Waals surface area contributed by atoms with E-state index in [1.165, 1.54) is 12.8 Å². The van der Waals surface area contributed by atoms with Crippen LogP contribution in [0.2, 0.25) is 0 Å². The number of carbonyl (C=O) groups is 2. The smallest absolute Gasteiger partial charge is 0.246 e. The first kappa shape index (κ1) is 17.3. The van der Waals surface area contributed by atoms with E-state index in [2.05, 4.69) is 21.6 Å². The minimum absolute atomic E-state index is 0.113. The molecule has 0 aromatic heterocycles. The van der Waals surface area contributed by atoms with Gasteiger partial charge in [-0.15, -0.1) is 0 Å². The van der Waals surface area contributed by atoms with Gasteiger partial charge < -0.3 is 21.3 Å². The molecule has 6 heteroatoms. The van der Waals surface area contributed by atoms with Crippen molar-refractivity contribution in [1.82, 2.24) is 5.32 Å². The molecule has 6 nitrogen and oxygen atoms in total. The van der Waals surface area contributed by atoms with Crippen molar-refractivity contribution in [1.29, 1.82) is 0 Å². The Balaban J connectivity index is 2.02. The number of hydrogen-bond acceptors (Lipinski definition) is 4. The summed E-state index contributed by atoms with van der Waals surface area (Å²) in [6, 6.07) is 7.30. The van der Waals surface area contributed by atoms with Gasteiger partial charge in [-0.25, -0.2) is 0 Å². The van der Waals surface area contributed by atoms with Gasteiger partial charge in [-0.05, 0) is 37.5 Å². The largest absolute Gasteiger partial charge is 0.371 e. The van der Waals surface area contributed by atoms with Gasteiger partial charge in [0.05, 0.1) is 6.54 Å². The van der Waals surface area contributed by atoms with Crippen molar-refractivity contribution in [2.75, 3.05) is 29.9 Å². The lowest BCUT2D eigenvalue weighted by Crippen LogP contribution is -2.45. The van der Waals surface area contributed by atoms with Gasteiger partial charge in [0.1, 0.15) is 6.04 Å². The highest BCUT2D eigenvalue weighted by atomic mass is 16.2. The van der Waals surface area contributed by atoms with Gasteiger partial charge in [0.25, 0.3) is 0 Å². The molecule has 1 fully saturated rings. The fourth-order valence-corrected chi connectivity index (χ4v) is 2.80. The second-order valence-electron chi connectivity index (χ2n) is 5.85. The molecule has 0 bridgehead atoms. The van der Waals surface area contributed by atoms with Gasteiger partial charge in [0, 0.05) is 24.5 Å². The van der Waals surface area contributed by atoms with Crippen molar-refractivity contribution in [2.45, 2.75) is 38.6 Å². The monoisotopic (exact) mass is 318 g/mol. The van der Waals surface area contributed by atoms with E-state index in [-0.39, 0.29) is 18.4 Å². The number of hydrogen-bond donors (Lipinski definition) is 3. The molecule has 1 saturated heterocycles. The second-order valence-corrected chi connectivity index (χ2v) is 5.85. The third-order valence-corrected chi connectivity index (χ3v) is 4.00. The van der Waals surface area contributed by atoms with Crippen LogP contribution in [-0.2, 0) is 9.59 Å². The predicted octanol–water partition coefficient (Wildman–Crippen LogP) is 1.47. The number of nitrogens with zero attached hydrogens (tertiary/aromatic N) is 1. The number of nitrogens with two attached hydrogens (primary N) is 1. The average molecular weight is 318 g/mol. The Labute approximate surface area is 137 Å². The number of benzene rings is 1. The van der Waals surface area contributed by atoms with Gasteiger partial charge in [-0.2, -0.15) is 0 Å². The van der Waals surface area contributed by atoms with Crippen LogP contribution in [0.1, 0.15) is 32.6 Å². The van der Waals surface area contributed by atoms with Crippen molar-refractivity contribution < 1.29 is 9.59 Å². The predicted molar refractivity (Wildman–Crippen MR) is 92.4 cm³/mol. The van der Waals surface area contributed by atoms with Crippen molar-refractivity contribution in [3.63, 3.8) is 0 Å². The first-order chi connectivity index (χ1) is 11.1. The lowest BCUT2D eigenvalue weighted by atomic mass is 10.1. The number of amides is 2. The van der Waals surface area contributed by atoms with Gasteiger partial charge in [-0.3, -0.25) is 9.59 Å². The zero-order valence-electron chi connectivity index (χ0n) is 13.7. The maximum atomic E-state index is 12.4. The Hall–Kier alpha value is -2.08. The Bertz CT molecular complexity index is 541. The number of rotatable bonds is 7. The summed E-state index contributed by atoms with van der Waals surface area (Å²) < 4.78 is 0. The molecule has 1 aromatic rings. The summed E-state index contributed by atoms with van der Waals surface area (Å²) in [5.74, 6) is -0.517. The molecule has 1 atom stereocenters. The van der Waals surface area contributed by atoms with Crippen LogP contribution in [-0.4, -0.2) is 37.5 Å². The molecule has 0 aliphatic carbocycles. The standard InChI is InChI=1S/C17H26N4O2/c1-2-6-15(20-16(22)12-18)17(23)19-13-7-5-8-14(11-13)21-9-3-4-10-21/h5,7-8,11,15H,2-4,6,9-10,12,18H2,1H3,(H,19,23)(H,20,22). The Morgan fingerprint density at radius 1 is 1.30 bits per heavy atom. The average Bonchev–Trinajstić information content (AvgIpc) is 3.09. The van der Waals surface area contributed by atoms with E-state index < -0.39 is 6.04 Å². The minimum Gasteiger partial charge on any atom is -0.371 e. The van der Waals surface area contributed by atoms with Crippen LogP contribution in [0.3, 0.4) is 0 Å². The summed E-state index contributed by atoms with van der Waals surface area (Å²) in [6.07, 6.45) is 3.81. The van der Waals surface area contributed by atoms with Gasteiger partial charge in [0.15, 0.2) is 0 Å². The van der Waals surface area contributed by atoms with E-state index in [9.17, 15) is 9.59 Å². The van der Waals surface area contributed by atoms with E-state index in [0.717, 1.165) is 30.9 Å². The van der Waals surface area contributed by atoms with Crippen molar-refractivity contribution in [3.05, 3.63) is 24.3 Å². The molecule has 2 rings (SSSR count). The third kappa shape index (κ3) is 4.96. The fraction of sp³-hybridized carbons (Fsp3) is 0.529. The first-order valence-corrected chi connectivity index (χ1v) is 8.29. The molecular weight excluding hydrogens is 292 g/mol. The highest BCUT2D eigenvalue weighted by Gasteiger charge is 2.20. The lowest BCUT2D eigenvalue weighted by Gasteiger charge is -2.20. The first-order valence-electron chi connectivity index (χ1n) is 8.29. The van der Waals surface area contributed by atoms with E-state index in [0.29, 0.717) is 6.42 Å². The topological polar surface area (TPSA) is 87.5 Å². The molecular formula is C17H26N4O2. The second kappa shape index (κ2) is 8.53. The molecule has 0 spiro atoms. The van der Waals surface area contributed by atoms with Crippen LogP contribution in [0.25, 0.3) is 0 Å². The Morgan fingerprint density at radius 3 is 2.70 bits per heavy atom. The summed E-state index contributed by atoms with van der Waals surface area (Å²) in [6.45, 7) is 3.98. The normalized spacial score (nSPS) is 15.3. The molecule has 1 aliphatic rings. The quantitative estimate of drug-likeness (QED) is 0.710. The fourth-order valence-electron chi connectivity index (χ4n) is 2.80. The molecule has 2 amide bonds. The minimum atomic E-state index is -0.550. The molecule has 1 heterocycles.